The van der Waals surface area contributed by atoms with Crippen molar-refractivity contribution < 1.29 is 25.8 Å². The molecule has 3 nitrogen and oxygen atoms in total. The van der Waals surface area contributed by atoms with Gasteiger partial charge in [0, 0.05) is 0 Å². The number of aryl methyl sites for hydroxylation is 1. The first kappa shape index (κ1) is 23.7. The van der Waals surface area contributed by atoms with Gasteiger partial charge < -0.3 is 4.18 Å². The minimum Gasteiger partial charge on any atom is -0.376 e. The van der Waals surface area contributed by atoms with Crippen molar-refractivity contribution in [2.45, 2.75) is 12.4 Å². The summed E-state index contributed by atoms with van der Waals surface area (Å²) >= 11 is 0. The topological polar surface area (TPSA) is 43.4 Å². The molecule has 0 spiro atoms. The van der Waals surface area contributed by atoms with Crippen molar-refractivity contribution in [3.63, 3.8) is 0 Å². The standard InChI is InChI=1S/C32H19F3O3S/c1-18-10-12-19(13-11-18)20-14-26-22-6-2-4-8-24(22)28-16-21(38-39(36,37)32(33,34)35)17-29-25-9-5-3-7-23(25)27(15-20)30(26)31(28)29/h2-17H,1H3. The molecule has 0 saturated heterocycles. The Labute approximate surface area is 221 Å². The molecule has 0 atom stereocenters. The molecule has 0 bridgehead atoms. The molecule has 0 radical (unpaired) electrons. The molecular formula is C32H19F3O3S. The second kappa shape index (κ2) is 8.07. The van der Waals surface area contributed by atoms with E-state index in [1.807, 2.05) is 55.5 Å². The van der Waals surface area contributed by atoms with Crippen LogP contribution in [0.1, 0.15) is 5.56 Å². The number of halogens is 3. The van der Waals surface area contributed by atoms with Gasteiger partial charge in [-0.05, 0) is 96.2 Å². The fourth-order valence-electron chi connectivity index (χ4n) is 5.69. The summed E-state index contributed by atoms with van der Waals surface area (Å²) in [5.74, 6) is -0.381. The minimum atomic E-state index is -5.84. The van der Waals surface area contributed by atoms with Crippen molar-refractivity contribution in [2.24, 2.45) is 0 Å². The Morgan fingerprint density at radius 2 is 0.974 bits per heavy atom. The third-order valence-corrected chi connectivity index (χ3v) is 8.37. The zero-order chi connectivity index (χ0) is 27.1. The highest BCUT2D eigenvalue weighted by atomic mass is 32.2. The molecule has 7 rings (SSSR count). The maximum Gasteiger partial charge on any atom is 0.534 e. The van der Waals surface area contributed by atoms with E-state index in [-0.39, 0.29) is 5.75 Å². The molecule has 0 heterocycles. The maximum absolute atomic E-state index is 13.2. The Kier molecular flexibility index (Phi) is 4.91. The van der Waals surface area contributed by atoms with E-state index in [1.54, 1.807) is 0 Å². The van der Waals surface area contributed by atoms with Crippen molar-refractivity contribution in [3.8, 4) is 16.9 Å². The highest BCUT2D eigenvalue weighted by Gasteiger charge is 2.48. The normalized spacial score (nSPS) is 12.8. The quantitative estimate of drug-likeness (QED) is 0.0972. The van der Waals surface area contributed by atoms with Gasteiger partial charge in [-0.1, -0.05) is 78.4 Å². The van der Waals surface area contributed by atoms with Gasteiger partial charge in [0.25, 0.3) is 0 Å². The van der Waals surface area contributed by atoms with Crippen LogP contribution in [0.15, 0.2) is 97.1 Å². The molecule has 0 saturated carbocycles. The molecule has 7 aromatic carbocycles. The summed E-state index contributed by atoms with van der Waals surface area (Å²) in [6.45, 7) is 2.04. The number of hydrogen-bond acceptors (Lipinski definition) is 3. The largest absolute Gasteiger partial charge is 0.534 e. The van der Waals surface area contributed by atoms with Crippen LogP contribution in [0.2, 0.25) is 0 Å². The predicted octanol–water partition coefficient (Wildman–Crippen LogP) is 9.09. The Bertz CT molecular complexity index is 2090. The third kappa shape index (κ3) is 3.53. The van der Waals surface area contributed by atoms with Gasteiger partial charge in [-0.25, -0.2) is 0 Å². The van der Waals surface area contributed by atoms with E-state index in [4.69, 9.17) is 0 Å². The molecule has 0 aliphatic carbocycles. The smallest absolute Gasteiger partial charge is 0.376 e. The second-order valence-corrected chi connectivity index (χ2v) is 11.3. The average molecular weight is 541 g/mol. The van der Waals surface area contributed by atoms with Gasteiger partial charge in [0.05, 0.1) is 0 Å². The molecule has 7 heteroatoms. The van der Waals surface area contributed by atoms with Crippen molar-refractivity contribution in [1.29, 1.82) is 0 Å². The van der Waals surface area contributed by atoms with E-state index >= 15 is 0 Å². The van der Waals surface area contributed by atoms with E-state index in [2.05, 4.69) is 40.6 Å². The molecule has 0 amide bonds. The molecule has 0 N–H and O–H groups in total. The number of hydrogen-bond donors (Lipinski definition) is 0. The highest BCUT2D eigenvalue weighted by molar-refractivity contribution is 7.88. The second-order valence-electron chi connectivity index (χ2n) is 9.78. The Balaban J connectivity index is 1.68. The molecular weight excluding hydrogens is 521 g/mol. The van der Waals surface area contributed by atoms with Crippen LogP contribution in [-0.2, 0) is 10.1 Å². The average Bonchev–Trinajstić information content (AvgIpc) is 2.92. The number of alkyl halides is 3. The first-order valence-corrected chi connectivity index (χ1v) is 13.7. The van der Waals surface area contributed by atoms with E-state index < -0.39 is 15.6 Å². The molecule has 39 heavy (non-hydrogen) atoms. The molecule has 0 aliphatic heterocycles. The van der Waals surface area contributed by atoms with Crippen LogP contribution >= 0.6 is 0 Å². The Morgan fingerprint density at radius 1 is 0.564 bits per heavy atom. The molecule has 0 fully saturated rings. The third-order valence-electron chi connectivity index (χ3n) is 7.39. The Hall–Kier alpha value is -4.36. The van der Waals surface area contributed by atoms with Gasteiger partial charge in [0.2, 0.25) is 0 Å². The van der Waals surface area contributed by atoms with Gasteiger partial charge in [-0.2, -0.15) is 21.6 Å². The van der Waals surface area contributed by atoms with Gasteiger partial charge in [0.15, 0.2) is 0 Å². The number of fused-ring (bicyclic) bond motifs is 6. The molecule has 192 valence electrons. The van der Waals surface area contributed by atoms with Crippen LogP contribution in [0.25, 0.3) is 65.0 Å². The monoisotopic (exact) mass is 540 g/mol. The van der Waals surface area contributed by atoms with Gasteiger partial charge in [-0.15, -0.1) is 0 Å². The predicted molar refractivity (Wildman–Crippen MR) is 151 cm³/mol. The van der Waals surface area contributed by atoms with Crippen LogP contribution in [0.5, 0.6) is 5.75 Å². The summed E-state index contributed by atoms with van der Waals surface area (Å²) < 4.78 is 68.2. The number of rotatable bonds is 3. The van der Waals surface area contributed by atoms with Crippen LogP contribution in [-0.4, -0.2) is 13.9 Å². The fourth-order valence-corrected chi connectivity index (χ4v) is 6.13. The lowest BCUT2D eigenvalue weighted by atomic mass is 9.84. The van der Waals surface area contributed by atoms with Crippen LogP contribution in [0.3, 0.4) is 0 Å². The van der Waals surface area contributed by atoms with E-state index in [9.17, 15) is 21.6 Å². The summed E-state index contributed by atoms with van der Waals surface area (Å²) in [5, 5.41) is 8.52. The summed E-state index contributed by atoms with van der Waals surface area (Å²) in [5.41, 5.74) is -2.25. The summed E-state index contributed by atoms with van der Waals surface area (Å²) in [4.78, 5) is 0. The van der Waals surface area contributed by atoms with Crippen LogP contribution in [0.4, 0.5) is 13.2 Å². The molecule has 7 aromatic rings. The van der Waals surface area contributed by atoms with Crippen molar-refractivity contribution in [2.75, 3.05) is 0 Å². The SMILES string of the molecule is Cc1ccc(-c2cc3c4ccccc4c4cc(OS(=O)(=O)C(F)(F)F)cc5c6ccccc6c(c2)c3c45)cc1. The first-order valence-electron chi connectivity index (χ1n) is 12.3. The Morgan fingerprint density at radius 3 is 1.38 bits per heavy atom. The number of benzene rings is 7. The summed E-state index contributed by atoms with van der Waals surface area (Å²) in [6.07, 6.45) is 0. The molecule has 0 aliphatic rings. The van der Waals surface area contributed by atoms with Crippen LogP contribution in [0, 0.1) is 6.92 Å². The van der Waals surface area contributed by atoms with E-state index in [0.29, 0.717) is 10.8 Å². The van der Waals surface area contributed by atoms with E-state index in [0.717, 1.165) is 59.8 Å². The zero-order valence-electron chi connectivity index (χ0n) is 20.5. The van der Waals surface area contributed by atoms with E-state index in [1.165, 1.54) is 12.1 Å². The molecule has 0 unspecified atom stereocenters. The lowest BCUT2D eigenvalue weighted by Gasteiger charge is -2.20. The fraction of sp³-hybridized carbons (Fsp3) is 0.0625. The lowest BCUT2D eigenvalue weighted by molar-refractivity contribution is -0.0500. The van der Waals surface area contributed by atoms with Gasteiger partial charge in [0.1, 0.15) is 5.75 Å². The maximum atomic E-state index is 13.2. The van der Waals surface area contributed by atoms with Crippen molar-refractivity contribution in [3.05, 3.63) is 103 Å². The summed E-state index contributed by atoms with van der Waals surface area (Å²) in [6, 6.07) is 30.8. The van der Waals surface area contributed by atoms with Crippen molar-refractivity contribution >= 4 is 64.0 Å². The first-order chi connectivity index (χ1) is 18.6. The van der Waals surface area contributed by atoms with Gasteiger partial charge in [-0.3, -0.25) is 0 Å². The highest BCUT2D eigenvalue weighted by Crippen LogP contribution is 2.47. The molecule has 0 aromatic heterocycles. The van der Waals surface area contributed by atoms with Gasteiger partial charge >= 0.3 is 15.6 Å². The lowest BCUT2D eigenvalue weighted by Crippen LogP contribution is -2.28. The summed E-state index contributed by atoms with van der Waals surface area (Å²) in [7, 11) is -5.84. The minimum absolute atomic E-state index is 0.381. The zero-order valence-corrected chi connectivity index (χ0v) is 21.3. The van der Waals surface area contributed by atoms with Crippen molar-refractivity contribution in [1.82, 2.24) is 0 Å². The van der Waals surface area contributed by atoms with Crippen LogP contribution < -0.4 is 4.18 Å².